The molecule has 44 heavy (non-hydrogen) atoms. The highest BCUT2D eigenvalue weighted by molar-refractivity contribution is 7.09. The Bertz CT molecular complexity index is 1080. The first-order valence-electron chi connectivity index (χ1n) is 17.2. The Hall–Kier alpha value is -2.64. The Kier molecular flexibility index (Phi) is 26.2. The van der Waals surface area contributed by atoms with Gasteiger partial charge in [0.25, 0.3) is 0 Å². The van der Waals surface area contributed by atoms with Gasteiger partial charge < -0.3 is 0 Å². The molecule has 4 rings (SSSR count). The Balaban J connectivity index is 0.000000533. The molecule has 0 saturated carbocycles. The van der Waals surface area contributed by atoms with Gasteiger partial charge in [0.2, 0.25) is 0 Å². The van der Waals surface area contributed by atoms with Crippen molar-refractivity contribution in [2.75, 3.05) is 0 Å². The van der Waals surface area contributed by atoms with Crippen molar-refractivity contribution in [2.24, 2.45) is 23.7 Å². The maximum atomic E-state index is 2.27. The largest absolute Gasteiger partial charge is 0.149 e. The summed E-state index contributed by atoms with van der Waals surface area (Å²) < 4.78 is 0. The van der Waals surface area contributed by atoms with Crippen LogP contribution in [0.15, 0.2) is 109 Å². The molecule has 0 spiro atoms. The first-order chi connectivity index (χ1) is 21.1. The topological polar surface area (TPSA) is 0 Å². The molecule has 4 aromatic rings. The quantitative estimate of drug-likeness (QED) is 0.167. The Labute approximate surface area is 278 Å². The van der Waals surface area contributed by atoms with Gasteiger partial charge in [-0.05, 0) is 83.9 Å². The van der Waals surface area contributed by atoms with Crippen molar-refractivity contribution in [3.05, 3.63) is 130 Å². The lowest BCUT2D eigenvalue weighted by Crippen LogP contribution is -1.92. The van der Waals surface area contributed by atoms with E-state index in [2.05, 4.69) is 172 Å². The lowest BCUT2D eigenvalue weighted by molar-refractivity contribution is 0.576. The highest BCUT2D eigenvalue weighted by Gasteiger charge is 1.96. The third-order valence-corrected chi connectivity index (χ3v) is 7.55. The Morgan fingerprint density at radius 3 is 1.23 bits per heavy atom. The third-order valence-electron chi connectivity index (χ3n) is 6.65. The van der Waals surface area contributed by atoms with Gasteiger partial charge in [-0.2, -0.15) is 0 Å². The second-order valence-electron chi connectivity index (χ2n) is 13.2. The Morgan fingerprint density at radius 1 is 0.455 bits per heavy atom. The number of aryl methyl sites for hydroxylation is 2. The van der Waals surface area contributed by atoms with Crippen LogP contribution in [0.3, 0.4) is 0 Å². The normalized spacial score (nSPS) is 10.1. The molecule has 0 aliphatic heterocycles. The molecule has 0 aliphatic rings. The number of thiophene rings is 1. The first-order valence-corrected chi connectivity index (χ1v) is 18.1. The molecule has 1 heterocycles. The smallest absolute Gasteiger partial charge is 0.00477 e. The minimum atomic E-state index is 0.766. The van der Waals surface area contributed by atoms with E-state index in [0.717, 1.165) is 30.1 Å². The van der Waals surface area contributed by atoms with Crippen LogP contribution in [-0.2, 0) is 25.7 Å². The van der Waals surface area contributed by atoms with Gasteiger partial charge in [-0.15, -0.1) is 11.3 Å². The lowest BCUT2D eigenvalue weighted by Gasteiger charge is -2.03. The molecule has 1 heteroatoms. The van der Waals surface area contributed by atoms with Gasteiger partial charge in [-0.3, -0.25) is 0 Å². The van der Waals surface area contributed by atoms with Crippen molar-refractivity contribution in [3.63, 3.8) is 0 Å². The minimum Gasteiger partial charge on any atom is -0.149 e. The van der Waals surface area contributed by atoms with Crippen LogP contribution in [-0.4, -0.2) is 0 Å². The van der Waals surface area contributed by atoms with E-state index in [9.17, 15) is 0 Å². The number of benzene rings is 3. The summed E-state index contributed by atoms with van der Waals surface area (Å²) in [6, 6.07) is 36.1. The summed E-state index contributed by atoms with van der Waals surface area (Å²) in [7, 11) is 0. The van der Waals surface area contributed by atoms with Crippen LogP contribution >= 0.6 is 11.3 Å². The fourth-order valence-corrected chi connectivity index (χ4v) is 5.23. The molecule has 0 fully saturated rings. The summed E-state index contributed by atoms with van der Waals surface area (Å²) in [6.45, 7) is 22.4. The molecule has 244 valence electrons. The summed E-state index contributed by atoms with van der Waals surface area (Å²) in [5.41, 5.74) is 4.31. The van der Waals surface area contributed by atoms with E-state index < -0.39 is 0 Å². The van der Waals surface area contributed by atoms with Crippen LogP contribution in [0.25, 0.3) is 0 Å². The molecule has 0 radical (unpaired) electrons. The van der Waals surface area contributed by atoms with E-state index in [1.807, 2.05) is 17.4 Å². The van der Waals surface area contributed by atoms with Crippen molar-refractivity contribution in [2.45, 2.75) is 114 Å². The van der Waals surface area contributed by atoms with Crippen LogP contribution in [0, 0.1) is 23.7 Å². The van der Waals surface area contributed by atoms with E-state index >= 15 is 0 Å². The zero-order valence-electron chi connectivity index (χ0n) is 30.1. The molecular weight excluding hydrogens is 549 g/mol. The first kappa shape index (κ1) is 41.4. The van der Waals surface area contributed by atoms with Crippen molar-refractivity contribution in [3.8, 4) is 0 Å². The zero-order chi connectivity index (χ0) is 33.0. The molecule has 0 amide bonds. The van der Waals surface area contributed by atoms with Crippen LogP contribution < -0.4 is 0 Å². The standard InChI is InChI=1S/C11H16.C10H14.C8H12S.C8H10.C6H14/c1-10(2)8-9-11-6-4-3-5-7-11;1-9(2)8-10-6-4-3-5-7-10;1-7(2)6-8-4-3-5-9-8;1-2-8-6-4-3-5-7-8;1-4-5-6(2)3/h3-7,10H,8-9H2,1-2H3;3-7,9H,8H2,1-2H3;3-5,7H,6H2,1-2H3;3-7H,2H2,1H3;6H,4-5H2,1-3H3. The molecule has 0 saturated heterocycles. The molecule has 0 N–H and O–H groups in total. The molecule has 0 nitrogen and oxygen atoms in total. The van der Waals surface area contributed by atoms with Crippen LogP contribution in [0.4, 0.5) is 0 Å². The van der Waals surface area contributed by atoms with E-state index in [4.69, 9.17) is 0 Å². The predicted octanol–water partition coefficient (Wildman–Crippen LogP) is 13.8. The molecule has 1 aromatic heterocycles. The predicted molar refractivity (Wildman–Crippen MR) is 203 cm³/mol. The number of rotatable bonds is 10. The van der Waals surface area contributed by atoms with Crippen molar-refractivity contribution >= 4 is 11.3 Å². The molecular formula is C43H66S. The van der Waals surface area contributed by atoms with E-state index in [0.29, 0.717) is 0 Å². The van der Waals surface area contributed by atoms with Gasteiger partial charge in [-0.1, -0.05) is 179 Å². The van der Waals surface area contributed by atoms with Gasteiger partial charge in [0.15, 0.2) is 0 Å². The summed E-state index contributed by atoms with van der Waals surface area (Å²) in [5, 5.41) is 2.14. The fourth-order valence-electron chi connectivity index (χ4n) is 4.31. The van der Waals surface area contributed by atoms with Crippen molar-refractivity contribution in [1.29, 1.82) is 0 Å². The molecule has 0 unspecified atom stereocenters. The third kappa shape index (κ3) is 26.9. The van der Waals surface area contributed by atoms with Crippen LogP contribution in [0.2, 0.25) is 0 Å². The highest BCUT2D eigenvalue weighted by Crippen LogP contribution is 2.13. The van der Waals surface area contributed by atoms with E-state index in [-0.39, 0.29) is 0 Å². The monoisotopic (exact) mass is 614 g/mol. The molecule has 0 bridgehead atoms. The van der Waals surface area contributed by atoms with E-state index in [1.54, 1.807) is 0 Å². The summed E-state index contributed by atoms with van der Waals surface area (Å²) in [4.78, 5) is 1.50. The SMILES string of the molecule is CC(C)CCc1ccccc1.CC(C)Cc1ccccc1.CC(C)Cc1cccs1.CCCC(C)C.CCc1ccccc1. The summed E-state index contributed by atoms with van der Waals surface area (Å²) >= 11 is 1.85. The van der Waals surface area contributed by atoms with Crippen LogP contribution in [0.1, 0.15) is 110 Å². The number of hydrogen-bond donors (Lipinski definition) is 0. The summed E-state index contributed by atoms with van der Waals surface area (Å²) in [6.07, 6.45) is 8.79. The zero-order valence-corrected chi connectivity index (χ0v) is 30.9. The van der Waals surface area contributed by atoms with Gasteiger partial charge >= 0.3 is 0 Å². The maximum absolute atomic E-state index is 2.27. The maximum Gasteiger partial charge on any atom is 0.00477 e. The van der Waals surface area contributed by atoms with Gasteiger partial charge in [-0.25, -0.2) is 0 Å². The van der Waals surface area contributed by atoms with E-state index in [1.165, 1.54) is 60.1 Å². The second kappa shape index (κ2) is 27.9. The fraction of sp³-hybridized carbons (Fsp3) is 0.488. The molecule has 3 aromatic carbocycles. The van der Waals surface area contributed by atoms with Gasteiger partial charge in [0, 0.05) is 4.88 Å². The average Bonchev–Trinajstić information content (AvgIpc) is 3.51. The Morgan fingerprint density at radius 2 is 0.909 bits per heavy atom. The molecule has 0 aliphatic carbocycles. The summed E-state index contributed by atoms with van der Waals surface area (Å²) in [5.74, 6) is 3.27. The average molecular weight is 615 g/mol. The second-order valence-corrected chi connectivity index (χ2v) is 14.2. The van der Waals surface area contributed by atoms with Crippen molar-refractivity contribution in [1.82, 2.24) is 0 Å². The minimum absolute atomic E-state index is 0.766. The number of hydrogen-bond acceptors (Lipinski definition) is 1. The highest BCUT2D eigenvalue weighted by atomic mass is 32.1. The van der Waals surface area contributed by atoms with Gasteiger partial charge in [0.05, 0.1) is 0 Å². The van der Waals surface area contributed by atoms with Crippen molar-refractivity contribution < 1.29 is 0 Å². The molecule has 0 atom stereocenters. The van der Waals surface area contributed by atoms with Crippen LogP contribution in [0.5, 0.6) is 0 Å². The van der Waals surface area contributed by atoms with Gasteiger partial charge in [0.1, 0.15) is 0 Å². The lowest BCUT2D eigenvalue weighted by atomic mass is 10.0.